The maximum absolute atomic E-state index is 6.12. The van der Waals surface area contributed by atoms with Crippen LogP contribution in [-0.4, -0.2) is 23.9 Å². The SMILES string of the molecule is ClCC(c1ccc(Br)cc1)N1CCCCC1. The first-order valence-electron chi connectivity index (χ1n) is 5.87. The Morgan fingerprint density at radius 1 is 1.12 bits per heavy atom. The Hall–Kier alpha value is -0.0500. The predicted molar refractivity (Wildman–Crippen MR) is 73.0 cm³/mol. The molecule has 0 radical (unpaired) electrons. The smallest absolute Gasteiger partial charge is 0.0483 e. The van der Waals surface area contributed by atoms with Gasteiger partial charge in [-0.25, -0.2) is 0 Å². The van der Waals surface area contributed by atoms with Gasteiger partial charge in [-0.05, 0) is 43.6 Å². The van der Waals surface area contributed by atoms with Gasteiger partial charge in [-0.1, -0.05) is 34.5 Å². The van der Waals surface area contributed by atoms with Gasteiger partial charge in [0.15, 0.2) is 0 Å². The van der Waals surface area contributed by atoms with E-state index in [-0.39, 0.29) is 0 Å². The number of benzene rings is 1. The predicted octanol–water partition coefficient (Wildman–Crippen LogP) is 4.21. The molecule has 1 aromatic carbocycles. The fraction of sp³-hybridized carbons (Fsp3) is 0.538. The van der Waals surface area contributed by atoms with Crippen molar-refractivity contribution in [2.24, 2.45) is 0 Å². The zero-order valence-electron chi connectivity index (χ0n) is 9.33. The van der Waals surface area contributed by atoms with E-state index in [1.54, 1.807) is 0 Å². The van der Waals surface area contributed by atoms with Crippen LogP contribution < -0.4 is 0 Å². The number of alkyl halides is 1. The Morgan fingerprint density at radius 3 is 2.31 bits per heavy atom. The van der Waals surface area contributed by atoms with E-state index >= 15 is 0 Å². The lowest BCUT2D eigenvalue weighted by atomic mass is 10.0. The van der Waals surface area contributed by atoms with Crippen LogP contribution in [0.2, 0.25) is 0 Å². The van der Waals surface area contributed by atoms with Crippen LogP contribution in [0.3, 0.4) is 0 Å². The minimum atomic E-state index is 0.384. The first-order valence-corrected chi connectivity index (χ1v) is 7.19. The zero-order valence-corrected chi connectivity index (χ0v) is 11.7. The van der Waals surface area contributed by atoms with Crippen molar-refractivity contribution < 1.29 is 0 Å². The third-order valence-corrected chi connectivity index (χ3v) is 4.05. The quantitative estimate of drug-likeness (QED) is 0.756. The molecule has 1 heterocycles. The Bertz CT molecular complexity index is 319. The minimum Gasteiger partial charge on any atom is -0.295 e. The molecule has 1 aromatic rings. The molecular weight excluding hydrogens is 286 g/mol. The minimum absolute atomic E-state index is 0.384. The summed E-state index contributed by atoms with van der Waals surface area (Å²) in [6.07, 6.45) is 3.99. The third-order valence-electron chi connectivity index (χ3n) is 3.23. The van der Waals surface area contributed by atoms with Crippen molar-refractivity contribution >= 4 is 27.5 Å². The second-order valence-corrected chi connectivity index (χ2v) is 5.54. The van der Waals surface area contributed by atoms with Crippen molar-refractivity contribution in [1.82, 2.24) is 4.90 Å². The number of nitrogens with zero attached hydrogens (tertiary/aromatic N) is 1. The van der Waals surface area contributed by atoms with Crippen molar-refractivity contribution in [1.29, 1.82) is 0 Å². The summed E-state index contributed by atoms with van der Waals surface area (Å²) >= 11 is 9.59. The van der Waals surface area contributed by atoms with Gasteiger partial charge in [0, 0.05) is 16.4 Å². The molecule has 0 aromatic heterocycles. The highest BCUT2D eigenvalue weighted by atomic mass is 79.9. The van der Waals surface area contributed by atoms with Crippen molar-refractivity contribution in [3.8, 4) is 0 Å². The molecule has 2 rings (SSSR count). The van der Waals surface area contributed by atoms with Crippen LogP contribution in [-0.2, 0) is 0 Å². The summed E-state index contributed by atoms with van der Waals surface area (Å²) in [4.78, 5) is 2.51. The van der Waals surface area contributed by atoms with Crippen LogP contribution in [0.15, 0.2) is 28.7 Å². The first kappa shape index (κ1) is 12.4. The van der Waals surface area contributed by atoms with Gasteiger partial charge in [0.25, 0.3) is 0 Å². The summed E-state index contributed by atoms with van der Waals surface area (Å²) < 4.78 is 1.13. The number of halogens is 2. The van der Waals surface area contributed by atoms with Gasteiger partial charge in [0.1, 0.15) is 0 Å². The van der Waals surface area contributed by atoms with E-state index in [2.05, 4.69) is 45.1 Å². The number of hydrogen-bond acceptors (Lipinski definition) is 1. The zero-order chi connectivity index (χ0) is 11.4. The Kier molecular flexibility index (Phi) is 4.68. The summed E-state index contributed by atoms with van der Waals surface area (Å²) in [7, 11) is 0. The van der Waals surface area contributed by atoms with E-state index in [1.807, 2.05) is 0 Å². The van der Waals surface area contributed by atoms with Gasteiger partial charge in [0.2, 0.25) is 0 Å². The van der Waals surface area contributed by atoms with Crippen molar-refractivity contribution in [3.05, 3.63) is 34.3 Å². The molecular formula is C13H17BrClN. The van der Waals surface area contributed by atoms with Crippen LogP contribution in [0.1, 0.15) is 30.9 Å². The molecule has 1 atom stereocenters. The van der Waals surface area contributed by atoms with Crippen LogP contribution in [0.5, 0.6) is 0 Å². The second-order valence-electron chi connectivity index (χ2n) is 4.32. The first-order chi connectivity index (χ1) is 7.81. The normalized spacial score (nSPS) is 19.6. The number of likely N-dealkylation sites (tertiary alicyclic amines) is 1. The molecule has 0 amide bonds. The topological polar surface area (TPSA) is 3.24 Å². The van der Waals surface area contributed by atoms with Gasteiger partial charge < -0.3 is 0 Å². The van der Waals surface area contributed by atoms with Crippen molar-refractivity contribution in [2.75, 3.05) is 19.0 Å². The molecule has 1 saturated heterocycles. The van der Waals surface area contributed by atoms with Crippen LogP contribution >= 0.6 is 27.5 Å². The molecule has 0 saturated carbocycles. The van der Waals surface area contributed by atoms with E-state index in [0.29, 0.717) is 11.9 Å². The summed E-state index contributed by atoms with van der Waals surface area (Å²) in [6, 6.07) is 8.92. The lowest BCUT2D eigenvalue weighted by Gasteiger charge is -2.33. The van der Waals surface area contributed by atoms with Gasteiger partial charge in [-0.15, -0.1) is 11.6 Å². The van der Waals surface area contributed by atoms with E-state index in [1.165, 1.54) is 37.9 Å². The van der Waals surface area contributed by atoms with E-state index < -0.39 is 0 Å². The molecule has 0 spiro atoms. The van der Waals surface area contributed by atoms with Crippen LogP contribution in [0, 0.1) is 0 Å². The summed E-state index contributed by atoms with van der Waals surface area (Å²) in [6.45, 7) is 2.38. The lowest BCUT2D eigenvalue weighted by molar-refractivity contribution is 0.177. The van der Waals surface area contributed by atoms with Gasteiger partial charge >= 0.3 is 0 Å². The molecule has 0 aliphatic carbocycles. The summed E-state index contributed by atoms with van der Waals surface area (Å²) in [5, 5.41) is 0. The fourth-order valence-electron chi connectivity index (χ4n) is 2.31. The summed E-state index contributed by atoms with van der Waals surface area (Å²) in [5.41, 5.74) is 1.33. The van der Waals surface area contributed by atoms with Crippen molar-refractivity contribution in [2.45, 2.75) is 25.3 Å². The van der Waals surface area contributed by atoms with E-state index in [0.717, 1.165) is 4.47 Å². The molecule has 1 fully saturated rings. The largest absolute Gasteiger partial charge is 0.295 e. The molecule has 1 unspecified atom stereocenters. The van der Waals surface area contributed by atoms with E-state index in [9.17, 15) is 0 Å². The fourth-order valence-corrected chi connectivity index (χ4v) is 2.95. The average molecular weight is 303 g/mol. The standard InChI is InChI=1S/C13H17BrClN/c14-12-6-4-11(5-7-12)13(10-15)16-8-2-1-3-9-16/h4-7,13H,1-3,8-10H2. The molecule has 1 aliphatic rings. The maximum Gasteiger partial charge on any atom is 0.0483 e. The van der Waals surface area contributed by atoms with Crippen LogP contribution in [0.4, 0.5) is 0 Å². The highest BCUT2D eigenvalue weighted by molar-refractivity contribution is 9.10. The van der Waals surface area contributed by atoms with Gasteiger partial charge in [0.05, 0.1) is 0 Å². The van der Waals surface area contributed by atoms with E-state index in [4.69, 9.17) is 11.6 Å². The van der Waals surface area contributed by atoms with Gasteiger partial charge in [-0.3, -0.25) is 4.90 Å². The highest BCUT2D eigenvalue weighted by Gasteiger charge is 2.21. The maximum atomic E-state index is 6.12. The molecule has 1 aliphatic heterocycles. The molecule has 1 nitrogen and oxygen atoms in total. The highest BCUT2D eigenvalue weighted by Crippen LogP contribution is 2.26. The second kappa shape index (κ2) is 6.04. The van der Waals surface area contributed by atoms with Crippen molar-refractivity contribution in [3.63, 3.8) is 0 Å². The molecule has 0 N–H and O–H groups in total. The number of piperidine rings is 1. The lowest BCUT2D eigenvalue weighted by Crippen LogP contribution is -2.34. The summed E-state index contributed by atoms with van der Waals surface area (Å²) in [5.74, 6) is 0.682. The van der Waals surface area contributed by atoms with Gasteiger partial charge in [-0.2, -0.15) is 0 Å². The Morgan fingerprint density at radius 2 is 1.75 bits per heavy atom. The average Bonchev–Trinajstić information content (AvgIpc) is 2.34. The molecule has 0 bridgehead atoms. The Labute approximate surface area is 111 Å². The van der Waals surface area contributed by atoms with Crippen LogP contribution in [0.25, 0.3) is 0 Å². The molecule has 88 valence electrons. The molecule has 16 heavy (non-hydrogen) atoms. The Balaban J connectivity index is 2.11. The third kappa shape index (κ3) is 2.99. The molecule has 3 heteroatoms. The number of rotatable bonds is 3. The monoisotopic (exact) mass is 301 g/mol. The number of hydrogen-bond donors (Lipinski definition) is 0.